The fraction of sp³-hybridized carbons (Fsp3) is 0.783. The van der Waals surface area contributed by atoms with Crippen molar-refractivity contribution in [2.75, 3.05) is 6.61 Å². The first-order chi connectivity index (χ1) is 12.7. The summed E-state index contributed by atoms with van der Waals surface area (Å²) in [7, 11) is 0. The Hall–Kier alpha value is -1.25. The van der Waals surface area contributed by atoms with E-state index < -0.39 is 0 Å². The van der Waals surface area contributed by atoms with Gasteiger partial charge in [-0.3, -0.25) is 4.79 Å². The SMILES string of the molecule is C=CC=C(OCCCCCCCCCCCCCCCC)OC(=O)CC. The lowest BCUT2D eigenvalue weighted by Crippen LogP contribution is -2.06. The quantitative estimate of drug-likeness (QED) is 0.103. The van der Waals surface area contributed by atoms with E-state index in [-0.39, 0.29) is 11.9 Å². The number of carbonyl (C=O) groups excluding carboxylic acids is 1. The molecule has 0 aliphatic heterocycles. The molecule has 0 aliphatic rings. The van der Waals surface area contributed by atoms with Crippen LogP contribution < -0.4 is 0 Å². The number of hydrogen-bond acceptors (Lipinski definition) is 3. The number of ether oxygens (including phenoxy) is 2. The Morgan fingerprint density at radius 1 is 0.769 bits per heavy atom. The maximum atomic E-state index is 11.3. The Bertz CT molecular complexity index is 360. The molecule has 0 atom stereocenters. The summed E-state index contributed by atoms with van der Waals surface area (Å²) in [6.07, 6.45) is 22.2. The lowest BCUT2D eigenvalue weighted by molar-refractivity contribution is -0.144. The lowest BCUT2D eigenvalue weighted by atomic mass is 10.0. The Morgan fingerprint density at radius 3 is 1.65 bits per heavy atom. The highest BCUT2D eigenvalue weighted by atomic mass is 16.7. The van der Waals surface area contributed by atoms with Crippen LogP contribution in [0.3, 0.4) is 0 Å². The van der Waals surface area contributed by atoms with Gasteiger partial charge in [-0.1, -0.05) is 110 Å². The van der Waals surface area contributed by atoms with E-state index in [0.717, 1.165) is 6.42 Å². The molecule has 0 bridgehead atoms. The van der Waals surface area contributed by atoms with Gasteiger partial charge in [-0.2, -0.15) is 0 Å². The zero-order valence-corrected chi connectivity index (χ0v) is 17.4. The van der Waals surface area contributed by atoms with Crippen LogP contribution in [-0.4, -0.2) is 12.6 Å². The van der Waals surface area contributed by atoms with Crippen LogP contribution in [0, 0.1) is 0 Å². The number of hydrogen-bond donors (Lipinski definition) is 0. The second-order valence-electron chi connectivity index (χ2n) is 6.99. The summed E-state index contributed by atoms with van der Waals surface area (Å²) in [5.74, 6) is -0.0133. The molecule has 0 aromatic rings. The predicted molar refractivity (Wildman–Crippen MR) is 111 cm³/mol. The molecule has 0 fully saturated rings. The van der Waals surface area contributed by atoms with Crippen molar-refractivity contribution in [3.05, 3.63) is 24.7 Å². The van der Waals surface area contributed by atoms with Crippen LogP contribution in [0.25, 0.3) is 0 Å². The van der Waals surface area contributed by atoms with Gasteiger partial charge in [0.2, 0.25) is 0 Å². The Morgan fingerprint density at radius 2 is 1.23 bits per heavy atom. The van der Waals surface area contributed by atoms with Gasteiger partial charge in [0.25, 0.3) is 5.95 Å². The van der Waals surface area contributed by atoms with Crippen LogP contribution in [0.1, 0.15) is 110 Å². The monoisotopic (exact) mass is 366 g/mol. The van der Waals surface area contributed by atoms with Gasteiger partial charge in [-0.15, -0.1) is 0 Å². The topological polar surface area (TPSA) is 35.5 Å². The summed E-state index contributed by atoms with van der Waals surface area (Å²) in [5, 5.41) is 0. The van der Waals surface area contributed by atoms with E-state index in [2.05, 4.69) is 13.5 Å². The number of unbranched alkanes of at least 4 members (excludes halogenated alkanes) is 13. The number of carbonyl (C=O) groups is 1. The van der Waals surface area contributed by atoms with Crippen molar-refractivity contribution in [3.8, 4) is 0 Å². The summed E-state index contributed by atoms with van der Waals surface area (Å²) in [6.45, 7) is 8.24. The molecule has 0 spiro atoms. The standard InChI is InChI=1S/C23H42O3/c1-4-7-8-9-10-11-12-13-14-15-16-17-18-19-21-25-23(20-5-2)26-22(24)6-3/h5,20H,2,4,6-19,21H2,1,3H3. The third-order valence-corrected chi connectivity index (χ3v) is 4.50. The highest BCUT2D eigenvalue weighted by Gasteiger charge is 2.05. The van der Waals surface area contributed by atoms with Crippen LogP contribution in [0.4, 0.5) is 0 Å². The van der Waals surface area contributed by atoms with Gasteiger partial charge < -0.3 is 9.47 Å². The Kier molecular flexibility index (Phi) is 19.1. The molecule has 0 heterocycles. The molecule has 0 unspecified atom stereocenters. The van der Waals surface area contributed by atoms with Crippen molar-refractivity contribution in [2.24, 2.45) is 0 Å². The molecular formula is C23H42O3. The fourth-order valence-corrected chi connectivity index (χ4v) is 2.86. The zero-order chi connectivity index (χ0) is 19.3. The molecule has 0 saturated heterocycles. The number of rotatable bonds is 19. The van der Waals surface area contributed by atoms with Gasteiger partial charge >= 0.3 is 5.97 Å². The van der Waals surface area contributed by atoms with E-state index in [9.17, 15) is 4.79 Å². The second kappa shape index (κ2) is 20.1. The van der Waals surface area contributed by atoms with Gasteiger partial charge in [0.05, 0.1) is 6.61 Å². The number of esters is 1. The van der Waals surface area contributed by atoms with E-state index >= 15 is 0 Å². The first-order valence-corrected chi connectivity index (χ1v) is 10.9. The zero-order valence-electron chi connectivity index (χ0n) is 17.4. The number of allylic oxidation sites excluding steroid dienone is 2. The minimum absolute atomic E-state index is 0.265. The predicted octanol–water partition coefficient (Wildman–Crippen LogP) is 7.46. The maximum absolute atomic E-state index is 11.3. The fourth-order valence-electron chi connectivity index (χ4n) is 2.86. The smallest absolute Gasteiger partial charge is 0.313 e. The highest BCUT2D eigenvalue weighted by molar-refractivity contribution is 5.69. The van der Waals surface area contributed by atoms with Crippen molar-refractivity contribution in [1.29, 1.82) is 0 Å². The summed E-state index contributed by atoms with van der Waals surface area (Å²) < 4.78 is 10.6. The average molecular weight is 367 g/mol. The molecule has 0 aliphatic carbocycles. The molecule has 0 radical (unpaired) electrons. The average Bonchev–Trinajstić information content (AvgIpc) is 2.64. The molecule has 0 amide bonds. The van der Waals surface area contributed by atoms with Crippen molar-refractivity contribution in [3.63, 3.8) is 0 Å². The first kappa shape index (κ1) is 24.8. The van der Waals surface area contributed by atoms with E-state index in [4.69, 9.17) is 9.47 Å². The molecule has 0 aromatic carbocycles. The van der Waals surface area contributed by atoms with Gasteiger partial charge in [0.1, 0.15) is 0 Å². The minimum atomic E-state index is -0.279. The largest absolute Gasteiger partial charge is 0.465 e. The first-order valence-electron chi connectivity index (χ1n) is 10.9. The molecule has 26 heavy (non-hydrogen) atoms. The molecule has 3 nitrogen and oxygen atoms in total. The van der Waals surface area contributed by atoms with E-state index in [0.29, 0.717) is 13.0 Å². The van der Waals surface area contributed by atoms with E-state index in [1.807, 2.05) is 0 Å². The van der Waals surface area contributed by atoms with Crippen LogP contribution in [-0.2, 0) is 14.3 Å². The van der Waals surface area contributed by atoms with Gasteiger partial charge in [-0.05, 0) is 6.42 Å². The molecular weight excluding hydrogens is 324 g/mol. The molecule has 0 N–H and O–H groups in total. The van der Waals surface area contributed by atoms with Gasteiger partial charge in [0.15, 0.2) is 0 Å². The Balaban J connectivity index is 3.36. The van der Waals surface area contributed by atoms with Gasteiger partial charge in [-0.25, -0.2) is 0 Å². The Labute approximate surface area is 162 Å². The van der Waals surface area contributed by atoms with Gasteiger partial charge in [0, 0.05) is 12.5 Å². The lowest BCUT2D eigenvalue weighted by Gasteiger charge is -2.09. The van der Waals surface area contributed by atoms with Crippen molar-refractivity contribution in [2.45, 2.75) is 110 Å². The normalized spacial score (nSPS) is 11.4. The van der Waals surface area contributed by atoms with E-state index in [1.54, 1.807) is 19.1 Å². The molecule has 0 aromatic heterocycles. The highest BCUT2D eigenvalue weighted by Crippen LogP contribution is 2.13. The molecule has 0 saturated carbocycles. The van der Waals surface area contributed by atoms with Crippen molar-refractivity contribution in [1.82, 2.24) is 0 Å². The van der Waals surface area contributed by atoms with Crippen LogP contribution in [0.5, 0.6) is 0 Å². The summed E-state index contributed by atoms with van der Waals surface area (Å²) in [4.78, 5) is 11.3. The summed E-state index contributed by atoms with van der Waals surface area (Å²) in [5.41, 5.74) is 0. The third-order valence-electron chi connectivity index (χ3n) is 4.50. The van der Waals surface area contributed by atoms with Crippen molar-refractivity contribution >= 4 is 5.97 Å². The maximum Gasteiger partial charge on any atom is 0.313 e. The summed E-state index contributed by atoms with van der Waals surface area (Å²) in [6, 6.07) is 0. The second-order valence-corrected chi connectivity index (χ2v) is 6.99. The minimum Gasteiger partial charge on any atom is -0.465 e. The van der Waals surface area contributed by atoms with E-state index in [1.165, 1.54) is 83.5 Å². The summed E-state index contributed by atoms with van der Waals surface area (Å²) >= 11 is 0. The molecule has 3 heteroatoms. The van der Waals surface area contributed by atoms with Crippen molar-refractivity contribution < 1.29 is 14.3 Å². The van der Waals surface area contributed by atoms with Crippen LogP contribution in [0.2, 0.25) is 0 Å². The third kappa shape index (κ3) is 17.6. The molecule has 152 valence electrons. The molecule has 0 rings (SSSR count). The van der Waals surface area contributed by atoms with Crippen LogP contribution >= 0.6 is 0 Å². The van der Waals surface area contributed by atoms with Crippen LogP contribution in [0.15, 0.2) is 24.7 Å².